The maximum Gasteiger partial charge on any atom is 0.0851 e. The number of rotatable bonds is 18. The topological polar surface area (TPSA) is 27.6 Å². The number of nitrogens with zero attached hydrogens (tertiary/aromatic N) is 2. The molecular formula is C22H43N3. The molecule has 0 aromatic heterocycles. The van der Waals surface area contributed by atoms with E-state index in [1.165, 1.54) is 89.9 Å². The van der Waals surface area contributed by atoms with Gasteiger partial charge in [0.15, 0.2) is 0 Å². The van der Waals surface area contributed by atoms with Crippen LogP contribution in [0.25, 0.3) is 0 Å². The van der Waals surface area contributed by atoms with Gasteiger partial charge in [0.25, 0.3) is 0 Å². The Morgan fingerprint density at radius 3 is 2.04 bits per heavy atom. The highest BCUT2D eigenvalue weighted by Crippen LogP contribution is 2.12. The minimum atomic E-state index is 0.967. The van der Waals surface area contributed by atoms with Crippen LogP contribution in [0.5, 0.6) is 0 Å². The van der Waals surface area contributed by atoms with E-state index in [0.717, 1.165) is 26.2 Å². The molecule has 1 N–H and O–H groups in total. The molecule has 1 heterocycles. The van der Waals surface area contributed by atoms with Gasteiger partial charge >= 0.3 is 0 Å². The quantitative estimate of drug-likeness (QED) is 0.311. The van der Waals surface area contributed by atoms with Crippen LogP contribution in [0, 0.1) is 0 Å². The van der Waals surface area contributed by atoms with E-state index in [2.05, 4.69) is 34.4 Å². The van der Waals surface area contributed by atoms with Crippen molar-refractivity contribution >= 4 is 6.34 Å². The molecule has 25 heavy (non-hydrogen) atoms. The third kappa shape index (κ3) is 15.0. The Hall–Kier alpha value is -0.990. The number of aliphatic imine (C=N–C) groups is 1. The van der Waals surface area contributed by atoms with E-state index < -0.39 is 0 Å². The van der Waals surface area contributed by atoms with E-state index >= 15 is 0 Å². The summed E-state index contributed by atoms with van der Waals surface area (Å²) in [6.45, 7) is 6.42. The lowest BCUT2D eigenvalue weighted by molar-refractivity contribution is 0.466. The van der Waals surface area contributed by atoms with E-state index in [9.17, 15) is 0 Å². The smallest absolute Gasteiger partial charge is 0.0851 e. The average Bonchev–Trinajstić information content (AvgIpc) is 3.14. The van der Waals surface area contributed by atoms with Crippen molar-refractivity contribution in [3.8, 4) is 0 Å². The van der Waals surface area contributed by atoms with Crippen molar-refractivity contribution in [2.75, 3.05) is 26.2 Å². The SMILES string of the molecule is CCCCCCCCCCCCCCCC=CNCCN1C=NCC1. The summed E-state index contributed by atoms with van der Waals surface area (Å²) >= 11 is 0. The Bertz CT molecular complexity index is 325. The van der Waals surface area contributed by atoms with Gasteiger partial charge in [-0.3, -0.25) is 4.99 Å². The first-order valence-electron chi connectivity index (χ1n) is 11.1. The largest absolute Gasteiger partial charge is 0.389 e. The molecule has 0 radical (unpaired) electrons. The van der Waals surface area contributed by atoms with Crippen molar-refractivity contribution < 1.29 is 0 Å². The Labute approximate surface area is 157 Å². The van der Waals surface area contributed by atoms with Gasteiger partial charge in [0.1, 0.15) is 0 Å². The average molecular weight is 350 g/mol. The standard InChI is InChI=1S/C22H43N3/c1-2-3-4-5-6-7-8-9-10-11-12-13-14-15-16-17-23-18-20-25-21-19-24-22-25/h16-17,22-23H,2-15,18-21H2,1H3. The predicted octanol–water partition coefficient (Wildman–Crippen LogP) is 5.91. The van der Waals surface area contributed by atoms with Gasteiger partial charge in [0.05, 0.1) is 12.9 Å². The molecule has 1 rings (SSSR count). The second-order valence-electron chi connectivity index (χ2n) is 7.45. The van der Waals surface area contributed by atoms with Crippen LogP contribution in [-0.4, -0.2) is 37.4 Å². The second kappa shape index (κ2) is 17.8. The molecule has 0 spiro atoms. The summed E-state index contributed by atoms with van der Waals surface area (Å²) in [6.07, 6.45) is 26.2. The van der Waals surface area contributed by atoms with Crippen molar-refractivity contribution in [2.24, 2.45) is 4.99 Å². The van der Waals surface area contributed by atoms with E-state index in [1.807, 2.05) is 6.34 Å². The molecule has 0 fully saturated rings. The lowest BCUT2D eigenvalue weighted by atomic mass is 10.0. The zero-order valence-electron chi connectivity index (χ0n) is 16.9. The Morgan fingerprint density at radius 2 is 1.48 bits per heavy atom. The fourth-order valence-electron chi connectivity index (χ4n) is 3.32. The maximum absolute atomic E-state index is 4.22. The molecule has 0 bridgehead atoms. The van der Waals surface area contributed by atoms with Gasteiger partial charge in [0.2, 0.25) is 0 Å². The van der Waals surface area contributed by atoms with Gasteiger partial charge in [0, 0.05) is 19.6 Å². The van der Waals surface area contributed by atoms with E-state index in [1.54, 1.807) is 0 Å². The molecule has 146 valence electrons. The summed E-state index contributed by atoms with van der Waals surface area (Å²) in [5.41, 5.74) is 0. The summed E-state index contributed by atoms with van der Waals surface area (Å²) < 4.78 is 0. The molecule has 0 atom stereocenters. The van der Waals surface area contributed by atoms with Gasteiger partial charge in [-0.1, -0.05) is 90.0 Å². The van der Waals surface area contributed by atoms with E-state index in [4.69, 9.17) is 0 Å². The minimum Gasteiger partial charge on any atom is -0.389 e. The highest BCUT2D eigenvalue weighted by Gasteiger charge is 2.02. The number of unbranched alkanes of at least 4 members (excludes halogenated alkanes) is 13. The van der Waals surface area contributed by atoms with Crippen LogP contribution in [-0.2, 0) is 0 Å². The van der Waals surface area contributed by atoms with Gasteiger partial charge in [-0.2, -0.15) is 0 Å². The third-order valence-electron chi connectivity index (χ3n) is 5.01. The molecule has 0 amide bonds. The fourth-order valence-corrected chi connectivity index (χ4v) is 3.32. The number of hydrogen-bond donors (Lipinski definition) is 1. The van der Waals surface area contributed by atoms with Crippen LogP contribution in [0.1, 0.15) is 96.8 Å². The normalized spacial score (nSPS) is 14.0. The van der Waals surface area contributed by atoms with Crippen LogP contribution in [0.15, 0.2) is 17.3 Å². The maximum atomic E-state index is 4.22. The van der Waals surface area contributed by atoms with Crippen LogP contribution < -0.4 is 5.32 Å². The van der Waals surface area contributed by atoms with Crippen molar-refractivity contribution in [2.45, 2.75) is 96.8 Å². The van der Waals surface area contributed by atoms with Gasteiger partial charge in [-0.25, -0.2) is 0 Å². The first-order valence-corrected chi connectivity index (χ1v) is 11.1. The number of nitrogens with one attached hydrogen (secondary N) is 1. The van der Waals surface area contributed by atoms with Crippen molar-refractivity contribution in [1.29, 1.82) is 0 Å². The number of hydrogen-bond acceptors (Lipinski definition) is 3. The minimum absolute atomic E-state index is 0.967. The first-order chi connectivity index (χ1) is 12.4. The van der Waals surface area contributed by atoms with Gasteiger partial charge in [-0.05, 0) is 19.0 Å². The summed E-state index contributed by atoms with van der Waals surface area (Å²) in [6, 6.07) is 0. The van der Waals surface area contributed by atoms with Crippen LogP contribution >= 0.6 is 0 Å². The molecule has 1 aliphatic rings. The molecule has 0 saturated carbocycles. The third-order valence-corrected chi connectivity index (χ3v) is 5.01. The van der Waals surface area contributed by atoms with Gasteiger partial charge in [-0.15, -0.1) is 0 Å². The molecule has 3 heteroatoms. The summed E-state index contributed by atoms with van der Waals surface area (Å²) in [7, 11) is 0. The molecule has 0 aromatic carbocycles. The molecule has 1 aliphatic heterocycles. The monoisotopic (exact) mass is 349 g/mol. The van der Waals surface area contributed by atoms with Crippen molar-refractivity contribution in [1.82, 2.24) is 10.2 Å². The predicted molar refractivity (Wildman–Crippen MR) is 112 cm³/mol. The highest BCUT2D eigenvalue weighted by atomic mass is 15.2. The zero-order valence-corrected chi connectivity index (χ0v) is 16.9. The van der Waals surface area contributed by atoms with E-state index in [-0.39, 0.29) is 0 Å². The van der Waals surface area contributed by atoms with Crippen LogP contribution in [0.3, 0.4) is 0 Å². The first kappa shape index (κ1) is 22.1. The molecule has 0 aliphatic carbocycles. The second-order valence-corrected chi connectivity index (χ2v) is 7.45. The molecule has 0 unspecified atom stereocenters. The molecule has 3 nitrogen and oxygen atoms in total. The zero-order chi connectivity index (χ0) is 17.8. The van der Waals surface area contributed by atoms with Crippen molar-refractivity contribution in [3.05, 3.63) is 12.3 Å². The Kier molecular flexibility index (Phi) is 15.7. The van der Waals surface area contributed by atoms with Crippen LogP contribution in [0.2, 0.25) is 0 Å². The fraction of sp³-hybridized carbons (Fsp3) is 0.864. The molecule has 0 aromatic rings. The van der Waals surface area contributed by atoms with E-state index in [0.29, 0.717) is 0 Å². The Morgan fingerprint density at radius 1 is 0.880 bits per heavy atom. The summed E-state index contributed by atoms with van der Waals surface area (Å²) in [5, 5.41) is 3.38. The number of allylic oxidation sites excluding steroid dienone is 1. The van der Waals surface area contributed by atoms with Crippen LogP contribution in [0.4, 0.5) is 0 Å². The molecule has 0 saturated heterocycles. The summed E-state index contributed by atoms with van der Waals surface area (Å²) in [4.78, 5) is 6.49. The van der Waals surface area contributed by atoms with Crippen molar-refractivity contribution in [3.63, 3.8) is 0 Å². The lowest BCUT2D eigenvalue weighted by Gasteiger charge is -2.12. The molecular weight excluding hydrogens is 306 g/mol. The Balaban J connectivity index is 1.68. The highest BCUT2D eigenvalue weighted by molar-refractivity contribution is 5.56. The van der Waals surface area contributed by atoms with Gasteiger partial charge < -0.3 is 10.2 Å². The lowest BCUT2D eigenvalue weighted by Crippen LogP contribution is -2.27. The summed E-state index contributed by atoms with van der Waals surface area (Å²) in [5.74, 6) is 0.